The Bertz CT molecular complexity index is 1180. The summed E-state index contributed by atoms with van der Waals surface area (Å²) in [6.45, 7) is 6.21. The molecule has 158 valence electrons. The first kappa shape index (κ1) is 20.6. The molecule has 0 unspecified atom stereocenters. The average molecular weight is 415 g/mol. The summed E-state index contributed by atoms with van der Waals surface area (Å²) in [6.07, 6.45) is 1.99. The Hall–Kier alpha value is -3.67. The zero-order chi connectivity index (χ0) is 22.0. The maximum atomic E-state index is 13.3. The Morgan fingerprint density at radius 3 is 2.35 bits per heavy atom. The van der Waals surface area contributed by atoms with Crippen LogP contribution in [0.4, 0.5) is 0 Å². The van der Waals surface area contributed by atoms with Gasteiger partial charge in [0.1, 0.15) is 5.56 Å². The van der Waals surface area contributed by atoms with Crippen molar-refractivity contribution in [3.8, 4) is 16.9 Å². The maximum absolute atomic E-state index is 13.3. The van der Waals surface area contributed by atoms with Gasteiger partial charge in [0.15, 0.2) is 5.76 Å². The van der Waals surface area contributed by atoms with Crippen LogP contribution in [0.3, 0.4) is 0 Å². The van der Waals surface area contributed by atoms with E-state index in [0.717, 1.165) is 22.5 Å². The van der Waals surface area contributed by atoms with Gasteiger partial charge in [0.05, 0.1) is 17.1 Å². The lowest BCUT2D eigenvalue weighted by Crippen LogP contribution is -2.27. The number of nitrogens with zero attached hydrogens (tertiary/aromatic N) is 4. The number of para-hydroxylation sites is 1. The minimum Gasteiger partial charge on any atom is -0.360 e. The third kappa shape index (κ3) is 4.14. The second-order valence-electron chi connectivity index (χ2n) is 7.97. The van der Waals surface area contributed by atoms with Crippen molar-refractivity contribution in [2.24, 2.45) is 0 Å². The largest absolute Gasteiger partial charge is 0.360 e. The zero-order valence-electron chi connectivity index (χ0n) is 18.2. The number of hydrogen-bond donors (Lipinski definition) is 0. The van der Waals surface area contributed by atoms with E-state index in [-0.39, 0.29) is 11.8 Å². The van der Waals surface area contributed by atoms with Crippen molar-refractivity contribution in [1.29, 1.82) is 0 Å². The summed E-state index contributed by atoms with van der Waals surface area (Å²) in [4.78, 5) is 15.0. The van der Waals surface area contributed by atoms with E-state index in [1.54, 1.807) is 18.9 Å². The van der Waals surface area contributed by atoms with Crippen molar-refractivity contribution in [1.82, 2.24) is 19.8 Å². The van der Waals surface area contributed by atoms with Gasteiger partial charge in [0.2, 0.25) is 0 Å². The Morgan fingerprint density at radius 2 is 1.71 bits per heavy atom. The van der Waals surface area contributed by atoms with Gasteiger partial charge in [-0.25, -0.2) is 4.68 Å². The minimum absolute atomic E-state index is 0.0780. The Labute approximate surface area is 182 Å². The highest BCUT2D eigenvalue weighted by molar-refractivity contribution is 5.96. The molecular weight excluding hydrogens is 388 g/mol. The summed E-state index contributed by atoms with van der Waals surface area (Å²) in [5, 5.41) is 8.86. The van der Waals surface area contributed by atoms with E-state index in [2.05, 4.69) is 5.16 Å². The predicted molar refractivity (Wildman–Crippen MR) is 120 cm³/mol. The molecule has 0 saturated heterocycles. The topological polar surface area (TPSA) is 64.2 Å². The summed E-state index contributed by atoms with van der Waals surface area (Å²) >= 11 is 0. The standard InChI is InChI=1S/C25H26N4O2/c1-17(2)24-22(18(3)27-31-24)25(30)28(4)15-20-16-29(21-13-9-6-10-14-21)26-23(20)19-11-7-5-8-12-19/h5-14,16-17H,15H2,1-4H3. The molecule has 4 aromatic rings. The molecule has 0 spiro atoms. The Balaban J connectivity index is 1.70. The number of aryl methyl sites for hydroxylation is 1. The smallest absolute Gasteiger partial charge is 0.259 e. The molecule has 1 amide bonds. The molecule has 6 nitrogen and oxygen atoms in total. The fourth-order valence-electron chi connectivity index (χ4n) is 3.64. The van der Waals surface area contributed by atoms with Crippen molar-refractivity contribution >= 4 is 5.91 Å². The van der Waals surface area contributed by atoms with Gasteiger partial charge in [-0.05, 0) is 19.1 Å². The maximum Gasteiger partial charge on any atom is 0.259 e. The lowest BCUT2D eigenvalue weighted by Gasteiger charge is -2.17. The Kier molecular flexibility index (Phi) is 5.71. The second kappa shape index (κ2) is 8.60. The van der Waals surface area contributed by atoms with Crippen LogP contribution in [0.25, 0.3) is 16.9 Å². The number of carbonyl (C=O) groups excluding carboxylic acids is 1. The van der Waals surface area contributed by atoms with Gasteiger partial charge in [-0.3, -0.25) is 4.79 Å². The molecular formula is C25H26N4O2. The molecule has 0 saturated carbocycles. The number of rotatable bonds is 6. The van der Waals surface area contributed by atoms with E-state index in [1.165, 1.54) is 0 Å². The van der Waals surface area contributed by atoms with E-state index in [4.69, 9.17) is 9.62 Å². The van der Waals surface area contributed by atoms with Crippen LogP contribution in [0, 0.1) is 6.92 Å². The lowest BCUT2D eigenvalue weighted by molar-refractivity contribution is 0.0782. The third-order valence-electron chi connectivity index (χ3n) is 5.24. The molecule has 0 aliphatic carbocycles. The van der Waals surface area contributed by atoms with Crippen LogP contribution in [0.1, 0.15) is 47.1 Å². The van der Waals surface area contributed by atoms with Gasteiger partial charge in [-0.1, -0.05) is 67.5 Å². The highest BCUT2D eigenvalue weighted by Gasteiger charge is 2.26. The van der Waals surface area contributed by atoms with Gasteiger partial charge < -0.3 is 9.42 Å². The first-order valence-electron chi connectivity index (χ1n) is 10.4. The van der Waals surface area contributed by atoms with Crippen molar-refractivity contribution in [2.75, 3.05) is 7.05 Å². The SMILES string of the molecule is Cc1noc(C(C)C)c1C(=O)N(C)Cc1cn(-c2ccccc2)nc1-c1ccccc1. The van der Waals surface area contributed by atoms with Crippen LogP contribution < -0.4 is 0 Å². The van der Waals surface area contributed by atoms with Crippen molar-refractivity contribution in [3.63, 3.8) is 0 Å². The van der Waals surface area contributed by atoms with Crippen LogP contribution in [-0.4, -0.2) is 32.8 Å². The van der Waals surface area contributed by atoms with Gasteiger partial charge in [0.25, 0.3) is 5.91 Å². The number of benzene rings is 2. The highest BCUT2D eigenvalue weighted by atomic mass is 16.5. The van der Waals surface area contributed by atoms with E-state index in [0.29, 0.717) is 23.6 Å². The number of carbonyl (C=O) groups is 1. The average Bonchev–Trinajstić information content (AvgIpc) is 3.38. The molecule has 6 heteroatoms. The zero-order valence-corrected chi connectivity index (χ0v) is 18.2. The van der Waals surface area contributed by atoms with Crippen molar-refractivity contribution in [3.05, 3.63) is 89.4 Å². The molecule has 0 aliphatic heterocycles. The van der Waals surface area contributed by atoms with Gasteiger partial charge >= 0.3 is 0 Å². The van der Waals surface area contributed by atoms with Gasteiger partial charge in [-0.15, -0.1) is 0 Å². The third-order valence-corrected chi connectivity index (χ3v) is 5.24. The minimum atomic E-state index is -0.103. The second-order valence-corrected chi connectivity index (χ2v) is 7.97. The molecule has 0 N–H and O–H groups in total. The first-order chi connectivity index (χ1) is 15.0. The molecule has 0 atom stereocenters. The lowest BCUT2D eigenvalue weighted by atomic mass is 10.0. The number of hydrogen-bond acceptors (Lipinski definition) is 4. The van der Waals surface area contributed by atoms with Crippen LogP contribution in [0.15, 0.2) is 71.4 Å². The Morgan fingerprint density at radius 1 is 1.06 bits per heavy atom. The molecule has 31 heavy (non-hydrogen) atoms. The van der Waals surface area contributed by atoms with E-state index < -0.39 is 0 Å². The van der Waals surface area contributed by atoms with Gasteiger partial charge in [-0.2, -0.15) is 5.10 Å². The van der Waals surface area contributed by atoms with Crippen LogP contribution >= 0.6 is 0 Å². The summed E-state index contributed by atoms with van der Waals surface area (Å²) in [5.74, 6) is 0.598. The quantitative estimate of drug-likeness (QED) is 0.433. The van der Waals surface area contributed by atoms with E-state index >= 15 is 0 Å². The molecule has 0 aliphatic rings. The molecule has 2 aromatic heterocycles. The van der Waals surface area contributed by atoms with Crippen molar-refractivity contribution < 1.29 is 9.32 Å². The number of amides is 1. The highest BCUT2D eigenvalue weighted by Crippen LogP contribution is 2.27. The predicted octanol–water partition coefficient (Wildman–Crippen LogP) is 5.23. The molecule has 0 radical (unpaired) electrons. The van der Waals surface area contributed by atoms with Crippen molar-refractivity contribution in [2.45, 2.75) is 33.2 Å². The van der Waals surface area contributed by atoms with Gasteiger partial charge in [0, 0.05) is 36.8 Å². The molecule has 0 bridgehead atoms. The normalized spacial score (nSPS) is 11.1. The monoisotopic (exact) mass is 414 g/mol. The number of aromatic nitrogens is 3. The summed E-state index contributed by atoms with van der Waals surface area (Å²) < 4.78 is 7.28. The summed E-state index contributed by atoms with van der Waals surface area (Å²) in [7, 11) is 1.80. The first-order valence-corrected chi connectivity index (χ1v) is 10.4. The summed E-state index contributed by atoms with van der Waals surface area (Å²) in [6, 6.07) is 20.0. The van der Waals surface area contributed by atoms with E-state index in [1.807, 2.05) is 85.4 Å². The molecule has 0 fully saturated rings. The van der Waals surface area contributed by atoms with E-state index in [9.17, 15) is 4.79 Å². The van der Waals surface area contributed by atoms with Crippen LogP contribution in [-0.2, 0) is 6.54 Å². The molecule has 2 heterocycles. The molecule has 4 rings (SSSR count). The fourth-order valence-corrected chi connectivity index (χ4v) is 3.64. The van der Waals surface area contributed by atoms with Crippen LogP contribution in [0.2, 0.25) is 0 Å². The van der Waals surface area contributed by atoms with Crippen LogP contribution in [0.5, 0.6) is 0 Å². The fraction of sp³-hybridized carbons (Fsp3) is 0.240. The molecule has 2 aromatic carbocycles. The summed E-state index contributed by atoms with van der Waals surface area (Å²) in [5.41, 5.74) is 4.97.